The normalized spacial score (nSPS) is 27.1. The minimum absolute atomic E-state index is 0.210. The summed E-state index contributed by atoms with van der Waals surface area (Å²) in [6.45, 7) is 19.7. The van der Waals surface area contributed by atoms with E-state index in [2.05, 4.69) is 41.5 Å². The van der Waals surface area contributed by atoms with Crippen LogP contribution in [0.1, 0.15) is 62.3 Å². The Morgan fingerprint density at radius 2 is 1.41 bits per heavy atom. The van der Waals surface area contributed by atoms with Crippen molar-refractivity contribution in [3.63, 3.8) is 0 Å². The fraction of sp³-hybridized carbons (Fsp3) is 1.00. The van der Waals surface area contributed by atoms with Crippen LogP contribution >= 0.6 is 0 Å². The van der Waals surface area contributed by atoms with Gasteiger partial charge < -0.3 is 19.0 Å². The molecule has 1 aliphatic heterocycles. The highest BCUT2D eigenvalue weighted by atomic mass is 28.4. The second kappa shape index (κ2) is 7.30. The molecule has 1 rings (SSSR count). The van der Waals surface area contributed by atoms with Crippen molar-refractivity contribution in [3.05, 3.63) is 0 Å². The first-order chi connectivity index (χ1) is 9.94. The summed E-state index contributed by atoms with van der Waals surface area (Å²) in [6, 6.07) is 0. The molecular formula is C17H36O4Si. The van der Waals surface area contributed by atoms with Gasteiger partial charge in [0.1, 0.15) is 12.2 Å². The zero-order valence-corrected chi connectivity index (χ0v) is 16.8. The van der Waals surface area contributed by atoms with Crippen molar-refractivity contribution >= 4 is 8.32 Å². The van der Waals surface area contributed by atoms with Crippen LogP contribution in [0.15, 0.2) is 0 Å². The first-order valence-corrected chi connectivity index (χ1v) is 10.8. The van der Waals surface area contributed by atoms with Crippen LogP contribution < -0.4 is 0 Å². The van der Waals surface area contributed by atoms with Crippen molar-refractivity contribution in [2.45, 2.75) is 103 Å². The molecule has 1 fully saturated rings. The molecule has 0 amide bonds. The number of aliphatic hydroxyl groups excluding tert-OH is 1. The Labute approximate surface area is 137 Å². The molecule has 0 saturated carbocycles. The Morgan fingerprint density at radius 3 is 1.77 bits per heavy atom. The van der Waals surface area contributed by atoms with Gasteiger partial charge in [0, 0.05) is 0 Å². The van der Waals surface area contributed by atoms with Gasteiger partial charge in [-0.25, -0.2) is 0 Å². The van der Waals surface area contributed by atoms with Crippen LogP contribution in [0.4, 0.5) is 0 Å². The highest BCUT2D eigenvalue weighted by Gasteiger charge is 2.48. The van der Waals surface area contributed by atoms with E-state index >= 15 is 0 Å². The average molecular weight is 333 g/mol. The van der Waals surface area contributed by atoms with E-state index in [-0.39, 0.29) is 12.2 Å². The Balaban J connectivity index is 2.88. The summed E-state index contributed by atoms with van der Waals surface area (Å²) >= 11 is 0. The maximum Gasteiger partial charge on any atom is 0.200 e. The molecule has 0 aliphatic carbocycles. The zero-order chi connectivity index (χ0) is 17.3. The summed E-state index contributed by atoms with van der Waals surface area (Å²) in [5.41, 5.74) is 1.61. The summed E-state index contributed by atoms with van der Waals surface area (Å²) < 4.78 is 18.4. The van der Waals surface area contributed by atoms with Crippen molar-refractivity contribution in [2.75, 3.05) is 6.61 Å². The third-order valence-electron chi connectivity index (χ3n) is 4.90. The lowest BCUT2D eigenvalue weighted by molar-refractivity contribution is -0.155. The van der Waals surface area contributed by atoms with Crippen molar-refractivity contribution in [3.8, 4) is 0 Å². The lowest BCUT2D eigenvalue weighted by Gasteiger charge is -2.43. The van der Waals surface area contributed by atoms with E-state index in [0.29, 0.717) is 23.2 Å². The quantitative estimate of drug-likeness (QED) is 0.714. The second-order valence-corrected chi connectivity index (χ2v) is 13.5. The van der Waals surface area contributed by atoms with E-state index in [1.807, 2.05) is 13.8 Å². The molecule has 132 valence electrons. The van der Waals surface area contributed by atoms with Crippen LogP contribution in [0.5, 0.6) is 0 Å². The fourth-order valence-corrected chi connectivity index (χ4v) is 9.58. The third kappa shape index (κ3) is 4.12. The average Bonchev–Trinajstić information content (AvgIpc) is 2.64. The van der Waals surface area contributed by atoms with Crippen molar-refractivity contribution < 1.29 is 19.0 Å². The predicted molar refractivity (Wildman–Crippen MR) is 92.5 cm³/mol. The van der Waals surface area contributed by atoms with Gasteiger partial charge in [0.25, 0.3) is 0 Å². The van der Waals surface area contributed by atoms with Gasteiger partial charge >= 0.3 is 0 Å². The molecule has 0 radical (unpaired) electrons. The van der Waals surface area contributed by atoms with Crippen LogP contribution in [0.2, 0.25) is 16.6 Å². The standard InChI is InChI=1S/C17H36O4Si/c1-11(2)22(12(3)4,13(5)6)19-10-15-16(14(7)18)21-17(8,9)20-15/h11-16,18H,10H2,1-9H3/t14?,15-,16-/m1/s1. The number of rotatable bonds is 7. The van der Waals surface area contributed by atoms with Crippen molar-refractivity contribution in [1.82, 2.24) is 0 Å². The van der Waals surface area contributed by atoms with Crippen LogP contribution in [-0.4, -0.2) is 44.1 Å². The first-order valence-electron chi connectivity index (χ1n) is 8.61. The minimum Gasteiger partial charge on any atom is -0.413 e. The largest absolute Gasteiger partial charge is 0.413 e. The van der Waals surface area contributed by atoms with Gasteiger partial charge in [-0.05, 0) is 37.4 Å². The molecule has 4 nitrogen and oxygen atoms in total. The molecule has 0 aromatic heterocycles. The number of aliphatic hydroxyl groups is 1. The van der Waals surface area contributed by atoms with Gasteiger partial charge in [-0.15, -0.1) is 0 Å². The van der Waals surface area contributed by atoms with Crippen LogP contribution in [0.25, 0.3) is 0 Å². The first kappa shape index (κ1) is 20.1. The van der Waals surface area contributed by atoms with E-state index in [9.17, 15) is 5.11 Å². The maximum absolute atomic E-state index is 9.96. The number of hydrogen-bond donors (Lipinski definition) is 1. The van der Waals surface area contributed by atoms with E-state index in [4.69, 9.17) is 13.9 Å². The smallest absolute Gasteiger partial charge is 0.200 e. The third-order valence-corrected chi connectivity index (χ3v) is 11.0. The molecule has 1 saturated heterocycles. The van der Waals surface area contributed by atoms with Gasteiger partial charge in [-0.3, -0.25) is 0 Å². The monoisotopic (exact) mass is 332 g/mol. The Hall–Kier alpha value is 0.0569. The number of ether oxygens (including phenoxy) is 2. The topological polar surface area (TPSA) is 47.9 Å². The lowest BCUT2D eigenvalue weighted by atomic mass is 10.1. The summed E-state index contributed by atoms with van der Waals surface area (Å²) in [5.74, 6) is -0.659. The van der Waals surface area contributed by atoms with E-state index in [0.717, 1.165) is 0 Å². The van der Waals surface area contributed by atoms with Gasteiger partial charge in [-0.1, -0.05) is 41.5 Å². The van der Waals surface area contributed by atoms with Crippen molar-refractivity contribution in [2.24, 2.45) is 0 Å². The molecule has 5 heteroatoms. The molecule has 1 unspecified atom stereocenters. The molecule has 1 aliphatic rings. The van der Waals surface area contributed by atoms with Gasteiger partial charge in [0.2, 0.25) is 0 Å². The summed E-state index contributed by atoms with van der Waals surface area (Å²) in [6.07, 6.45) is -1.10. The van der Waals surface area contributed by atoms with Crippen LogP contribution in [0, 0.1) is 0 Å². The molecule has 0 bridgehead atoms. The fourth-order valence-electron chi connectivity index (χ4n) is 4.13. The van der Waals surface area contributed by atoms with E-state index < -0.39 is 20.2 Å². The zero-order valence-electron chi connectivity index (χ0n) is 15.8. The Morgan fingerprint density at radius 1 is 0.955 bits per heavy atom. The molecule has 0 aromatic rings. The lowest BCUT2D eigenvalue weighted by Crippen LogP contribution is -2.50. The SMILES string of the molecule is CC(O)[C@H]1OC(C)(C)O[C@@H]1CO[Si](C(C)C)(C(C)C)C(C)C. The highest BCUT2D eigenvalue weighted by Crippen LogP contribution is 2.43. The van der Waals surface area contributed by atoms with E-state index in [1.54, 1.807) is 6.92 Å². The Kier molecular flexibility index (Phi) is 6.67. The molecule has 0 spiro atoms. The molecule has 1 N–H and O–H groups in total. The molecule has 1 heterocycles. The van der Waals surface area contributed by atoms with Gasteiger partial charge in [-0.2, -0.15) is 0 Å². The molecule has 3 atom stereocenters. The summed E-state index contributed by atoms with van der Waals surface area (Å²) in [7, 11) is -1.92. The highest BCUT2D eigenvalue weighted by molar-refractivity contribution is 6.77. The molecule has 22 heavy (non-hydrogen) atoms. The summed E-state index contributed by atoms with van der Waals surface area (Å²) in [5, 5.41) is 9.96. The van der Waals surface area contributed by atoms with Crippen molar-refractivity contribution in [1.29, 1.82) is 0 Å². The van der Waals surface area contributed by atoms with Gasteiger partial charge in [0.15, 0.2) is 14.1 Å². The maximum atomic E-state index is 9.96. The summed E-state index contributed by atoms with van der Waals surface area (Å²) in [4.78, 5) is 0. The minimum atomic E-state index is -1.92. The predicted octanol–water partition coefficient (Wildman–Crippen LogP) is 4.08. The molecular weight excluding hydrogens is 296 g/mol. The Bertz CT molecular complexity index is 331. The van der Waals surface area contributed by atoms with E-state index in [1.165, 1.54) is 0 Å². The number of hydrogen-bond acceptors (Lipinski definition) is 4. The molecule has 0 aromatic carbocycles. The van der Waals surface area contributed by atoms with Gasteiger partial charge in [0.05, 0.1) is 12.7 Å². The second-order valence-electron chi connectivity index (χ2n) is 8.01. The van der Waals surface area contributed by atoms with Crippen LogP contribution in [0.3, 0.4) is 0 Å². The van der Waals surface area contributed by atoms with Crippen LogP contribution in [-0.2, 0) is 13.9 Å².